The van der Waals surface area contributed by atoms with Gasteiger partial charge in [-0.25, -0.2) is 0 Å². The van der Waals surface area contributed by atoms with Gasteiger partial charge in [-0.3, -0.25) is 4.79 Å². The highest BCUT2D eigenvalue weighted by molar-refractivity contribution is 8.00. The molecule has 0 atom stereocenters. The summed E-state index contributed by atoms with van der Waals surface area (Å²) in [4.78, 5) is 11.7. The van der Waals surface area contributed by atoms with E-state index in [9.17, 15) is 4.79 Å². The van der Waals surface area contributed by atoms with Crippen LogP contribution < -0.4 is 15.8 Å². The number of carbonyl (C=O) groups excluding carboxylic acids is 1. The maximum Gasteiger partial charge on any atom is 0.257 e. The SMILES string of the molecule is CSC1(CNC(=O)COc2ccc(N)cc2)CCC1. The molecule has 0 unspecified atom stereocenters. The first-order valence-electron chi connectivity index (χ1n) is 6.44. The maximum atomic E-state index is 11.7. The number of amides is 1. The minimum absolute atomic E-state index is 0.0500. The summed E-state index contributed by atoms with van der Waals surface area (Å²) < 4.78 is 5.66. The van der Waals surface area contributed by atoms with E-state index in [1.165, 1.54) is 19.3 Å². The summed E-state index contributed by atoms with van der Waals surface area (Å²) in [6.45, 7) is 0.784. The van der Waals surface area contributed by atoms with Crippen molar-refractivity contribution >= 4 is 23.4 Å². The van der Waals surface area contributed by atoms with Gasteiger partial charge in [0.2, 0.25) is 0 Å². The Balaban J connectivity index is 1.71. The van der Waals surface area contributed by atoms with Crippen molar-refractivity contribution in [1.29, 1.82) is 0 Å². The van der Waals surface area contributed by atoms with Crippen molar-refractivity contribution in [2.45, 2.75) is 24.0 Å². The second-order valence-corrected chi connectivity index (χ2v) is 6.15. The number of nitrogen functional groups attached to an aromatic ring is 1. The molecule has 0 saturated heterocycles. The van der Waals surface area contributed by atoms with Crippen LogP contribution in [0.5, 0.6) is 5.75 Å². The smallest absolute Gasteiger partial charge is 0.257 e. The van der Waals surface area contributed by atoms with E-state index in [1.54, 1.807) is 24.3 Å². The molecule has 3 N–H and O–H groups in total. The largest absolute Gasteiger partial charge is 0.484 e. The van der Waals surface area contributed by atoms with Gasteiger partial charge in [0.1, 0.15) is 5.75 Å². The van der Waals surface area contributed by atoms with Crippen LogP contribution in [0.1, 0.15) is 19.3 Å². The van der Waals surface area contributed by atoms with E-state index >= 15 is 0 Å². The van der Waals surface area contributed by atoms with Gasteiger partial charge in [-0.2, -0.15) is 11.8 Å². The van der Waals surface area contributed by atoms with Gasteiger partial charge in [0.25, 0.3) is 5.91 Å². The molecule has 2 rings (SSSR count). The second kappa shape index (κ2) is 6.19. The topological polar surface area (TPSA) is 64.3 Å². The molecule has 5 heteroatoms. The Hall–Kier alpha value is -1.36. The van der Waals surface area contributed by atoms with Crippen molar-refractivity contribution in [3.63, 3.8) is 0 Å². The Kier molecular flexibility index (Phi) is 4.58. The van der Waals surface area contributed by atoms with Crippen molar-refractivity contribution in [3.8, 4) is 5.75 Å². The van der Waals surface area contributed by atoms with E-state index in [4.69, 9.17) is 10.5 Å². The Morgan fingerprint density at radius 3 is 2.63 bits per heavy atom. The van der Waals surface area contributed by atoms with Gasteiger partial charge in [-0.1, -0.05) is 6.42 Å². The van der Waals surface area contributed by atoms with Crippen LogP contribution in [-0.4, -0.2) is 30.1 Å². The van der Waals surface area contributed by atoms with Crippen LogP contribution in [0.4, 0.5) is 5.69 Å². The number of thioether (sulfide) groups is 1. The molecule has 1 amide bonds. The van der Waals surface area contributed by atoms with E-state index in [2.05, 4.69) is 11.6 Å². The van der Waals surface area contributed by atoms with Crippen molar-refractivity contribution in [3.05, 3.63) is 24.3 Å². The predicted octanol–water partition coefficient (Wildman–Crippen LogP) is 2.05. The zero-order chi connectivity index (χ0) is 13.7. The van der Waals surface area contributed by atoms with E-state index in [0.717, 1.165) is 6.54 Å². The Bertz CT molecular complexity index is 424. The molecule has 0 heterocycles. The minimum atomic E-state index is -0.0721. The van der Waals surface area contributed by atoms with E-state index in [-0.39, 0.29) is 17.3 Å². The number of rotatable bonds is 6. The maximum absolute atomic E-state index is 11.7. The quantitative estimate of drug-likeness (QED) is 0.783. The molecule has 1 saturated carbocycles. The summed E-state index contributed by atoms with van der Waals surface area (Å²) in [6.07, 6.45) is 5.75. The van der Waals surface area contributed by atoms with Crippen LogP contribution in [0.15, 0.2) is 24.3 Å². The highest BCUT2D eigenvalue weighted by Crippen LogP contribution is 2.42. The van der Waals surface area contributed by atoms with E-state index in [1.807, 2.05) is 11.8 Å². The molecule has 0 spiro atoms. The highest BCUT2D eigenvalue weighted by atomic mass is 32.2. The average molecular weight is 280 g/mol. The Labute approximate surface area is 118 Å². The Morgan fingerprint density at radius 1 is 1.42 bits per heavy atom. The first kappa shape index (κ1) is 14.1. The fraction of sp³-hybridized carbons (Fsp3) is 0.500. The number of hydrogen-bond acceptors (Lipinski definition) is 4. The van der Waals surface area contributed by atoms with Gasteiger partial charge < -0.3 is 15.8 Å². The summed E-state index contributed by atoms with van der Waals surface area (Å²) >= 11 is 1.85. The van der Waals surface area contributed by atoms with Crippen LogP contribution in [-0.2, 0) is 4.79 Å². The van der Waals surface area contributed by atoms with Gasteiger partial charge in [0.15, 0.2) is 6.61 Å². The summed E-state index contributed by atoms with van der Waals surface area (Å²) in [5.41, 5.74) is 6.26. The molecule has 1 aromatic carbocycles. The third-order valence-electron chi connectivity index (χ3n) is 3.56. The first-order valence-corrected chi connectivity index (χ1v) is 7.66. The third kappa shape index (κ3) is 3.80. The number of hydrogen-bond donors (Lipinski definition) is 2. The van der Waals surface area contributed by atoms with Crippen LogP contribution in [0.3, 0.4) is 0 Å². The van der Waals surface area contributed by atoms with Gasteiger partial charge in [0.05, 0.1) is 0 Å². The molecule has 1 aliphatic carbocycles. The number of anilines is 1. The fourth-order valence-electron chi connectivity index (χ4n) is 2.05. The standard InChI is InChI=1S/C14H20N2O2S/c1-19-14(7-2-8-14)10-16-13(17)9-18-12-5-3-11(15)4-6-12/h3-6H,2,7-10,15H2,1H3,(H,16,17). The molecular weight excluding hydrogens is 260 g/mol. The normalized spacial score (nSPS) is 16.5. The molecule has 0 aromatic heterocycles. The fourth-order valence-corrected chi connectivity index (χ4v) is 2.96. The molecular formula is C14H20N2O2S. The van der Waals surface area contributed by atoms with Crippen molar-refractivity contribution < 1.29 is 9.53 Å². The first-order chi connectivity index (χ1) is 9.13. The summed E-state index contributed by atoms with van der Waals surface area (Å²) in [5, 5.41) is 2.95. The van der Waals surface area contributed by atoms with E-state index < -0.39 is 0 Å². The number of nitrogens with one attached hydrogen (secondary N) is 1. The monoisotopic (exact) mass is 280 g/mol. The van der Waals surface area contributed by atoms with Gasteiger partial charge >= 0.3 is 0 Å². The number of carbonyl (C=O) groups is 1. The summed E-state index contributed by atoms with van der Waals surface area (Å²) in [6, 6.07) is 7.03. The third-order valence-corrected chi connectivity index (χ3v) is 4.97. The van der Waals surface area contributed by atoms with Gasteiger partial charge in [0, 0.05) is 17.0 Å². The molecule has 0 radical (unpaired) electrons. The number of nitrogens with two attached hydrogens (primary N) is 1. The lowest BCUT2D eigenvalue weighted by Gasteiger charge is -2.40. The Morgan fingerprint density at radius 2 is 2.11 bits per heavy atom. The van der Waals surface area contributed by atoms with Crippen LogP contribution >= 0.6 is 11.8 Å². The van der Waals surface area contributed by atoms with Crippen molar-refractivity contribution in [2.75, 3.05) is 25.1 Å². The lowest BCUT2D eigenvalue weighted by Crippen LogP contribution is -2.46. The molecule has 4 nitrogen and oxygen atoms in total. The molecule has 0 bridgehead atoms. The van der Waals surface area contributed by atoms with Crippen LogP contribution in [0.2, 0.25) is 0 Å². The predicted molar refractivity (Wildman–Crippen MR) is 79.5 cm³/mol. The zero-order valence-corrected chi connectivity index (χ0v) is 12.0. The summed E-state index contributed by atoms with van der Waals surface area (Å²) in [7, 11) is 0. The number of benzene rings is 1. The second-order valence-electron chi connectivity index (χ2n) is 4.88. The van der Waals surface area contributed by atoms with Crippen LogP contribution in [0, 0.1) is 0 Å². The summed E-state index contributed by atoms with van der Waals surface area (Å²) in [5.74, 6) is 0.588. The van der Waals surface area contributed by atoms with E-state index in [0.29, 0.717) is 11.4 Å². The highest BCUT2D eigenvalue weighted by Gasteiger charge is 2.36. The number of ether oxygens (including phenoxy) is 1. The molecule has 104 valence electrons. The molecule has 1 aliphatic rings. The van der Waals surface area contributed by atoms with Crippen LogP contribution in [0.25, 0.3) is 0 Å². The van der Waals surface area contributed by atoms with Crippen molar-refractivity contribution in [1.82, 2.24) is 5.32 Å². The van der Waals surface area contributed by atoms with Crippen molar-refractivity contribution in [2.24, 2.45) is 0 Å². The molecule has 0 aliphatic heterocycles. The average Bonchev–Trinajstić information content (AvgIpc) is 2.37. The lowest BCUT2D eigenvalue weighted by atomic mass is 9.84. The molecule has 1 fully saturated rings. The molecule has 19 heavy (non-hydrogen) atoms. The zero-order valence-electron chi connectivity index (χ0n) is 11.1. The minimum Gasteiger partial charge on any atom is -0.484 e. The van der Waals surface area contributed by atoms with Gasteiger partial charge in [-0.05, 0) is 43.4 Å². The molecule has 1 aromatic rings. The lowest BCUT2D eigenvalue weighted by molar-refractivity contribution is -0.123. The van der Waals surface area contributed by atoms with Gasteiger partial charge in [-0.15, -0.1) is 0 Å².